The standard InChI is InChI=1S/C17H22N6/c1-12-18-17(22(3)20-12)23-10-8-13(9-11-23)16-19-14-6-4-5-7-15(14)21(16)2/h4-7,13H,8-11H2,1-3H3. The van der Waals surface area contributed by atoms with Crippen LogP contribution >= 0.6 is 0 Å². The Hall–Kier alpha value is -2.37. The molecule has 4 rings (SSSR count). The molecule has 1 aromatic carbocycles. The van der Waals surface area contributed by atoms with Crippen molar-refractivity contribution in [3.05, 3.63) is 35.9 Å². The Kier molecular flexibility index (Phi) is 3.32. The van der Waals surface area contributed by atoms with Crippen molar-refractivity contribution in [3.8, 4) is 0 Å². The fraction of sp³-hybridized carbons (Fsp3) is 0.471. The number of rotatable bonds is 2. The molecule has 0 bridgehead atoms. The normalized spacial score (nSPS) is 16.4. The highest BCUT2D eigenvalue weighted by Crippen LogP contribution is 2.30. The van der Waals surface area contributed by atoms with Gasteiger partial charge in [0.15, 0.2) is 0 Å². The summed E-state index contributed by atoms with van der Waals surface area (Å²) in [4.78, 5) is 11.7. The van der Waals surface area contributed by atoms with Crippen molar-refractivity contribution >= 4 is 17.0 Å². The monoisotopic (exact) mass is 310 g/mol. The molecule has 6 heteroatoms. The number of imidazole rings is 1. The second-order valence-electron chi connectivity index (χ2n) is 6.36. The largest absolute Gasteiger partial charge is 0.341 e. The van der Waals surface area contributed by atoms with Gasteiger partial charge in [0, 0.05) is 33.1 Å². The van der Waals surface area contributed by atoms with E-state index < -0.39 is 0 Å². The molecule has 2 aromatic heterocycles. The molecule has 0 spiro atoms. The van der Waals surface area contributed by atoms with Gasteiger partial charge >= 0.3 is 0 Å². The highest BCUT2D eigenvalue weighted by Gasteiger charge is 2.26. The lowest BCUT2D eigenvalue weighted by atomic mass is 9.96. The predicted octanol–water partition coefficient (Wildman–Crippen LogP) is 2.39. The molecule has 0 N–H and O–H groups in total. The second kappa shape index (κ2) is 5.37. The van der Waals surface area contributed by atoms with Crippen LogP contribution in [-0.4, -0.2) is 37.4 Å². The molecular weight excluding hydrogens is 288 g/mol. The summed E-state index contributed by atoms with van der Waals surface area (Å²) in [5, 5.41) is 4.35. The fourth-order valence-electron chi connectivity index (χ4n) is 3.64. The maximum absolute atomic E-state index is 4.87. The third-order valence-corrected chi connectivity index (χ3v) is 4.81. The second-order valence-corrected chi connectivity index (χ2v) is 6.36. The van der Waals surface area contributed by atoms with E-state index in [2.05, 4.69) is 50.9 Å². The average Bonchev–Trinajstić information content (AvgIpc) is 3.08. The number of benzene rings is 1. The number of hydrogen-bond donors (Lipinski definition) is 0. The molecule has 3 aromatic rings. The smallest absolute Gasteiger partial charge is 0.223 e. The van der Waals surface area contributed by atoms with Crippen molar-refractivity contribution in [1.82, 2.24) is 24.3 Å². The van der Waals surface area contributed by atoms with Crippen LogP contribution in [0.2, 0.25) is 0 Å². The first kappa shape index (κ1) is 14.2. The van der Waals surface area contributed by atoms with Gasteiger partial charge in [0.25, 0.3) is 0 Å². The lowest BCUT2D eigenvalue weighted by Crippen LogP contribution is -2.35. The van der Waals surface area contributed by atoms with E-state index in [1.54, 1.807) is 0 Å². The highest BCUT2D eigenvalue weighted by atomic mass is 15.4. The summed E-state index contributed by atoms with van der Waals surface area (Å²) in [6.07, 6.45) is 2.20. The topological polar surface area (TPSA) is 51.8 Å². The van der Waals surface area contributed by atoms with Gasteiger partial charge in [-0.15, -0.1) is 0 Å². The lowest BCUT2D eigenvalue weighted by molar-refractivity contribution is 0.468. The molecule has 0 radical (unpaired) electrons. The zero-order valence-corrected chi connectivity index (χ0v) is 13.9. The number of aryl methyl sites for hydroxylation is 3. The van der Waals surface area contributed by atoms with E-state index in [1.807, 2.05) is 18.7 Å². The number of fused-ring (bicyclic) bond motifs is 1. The summed E-state index contributed by atoms with van der Waals surface area (Å²) >= 11 is 0. The van der Waals surface area contributed by atoms with Crippen molar-refractivity contribution in [2.75, 3.05) is 18.0 Å². The molecule has 1 fully saturated rings. The van der Waals surface area contributed by atoms with E-state index in [9.17, 15) is 0 Å². The summed E-state index contributed by atoms with van der Waals surface area (Å²) in [7, 11) is 4.09. The van der Waals surface area contributed by atoms with Crippen molar-refractivity contribution in [1.29, 1.82) is 0 Å². The number of piperidine rings is 1. The SMILES string of the molecule is Cc1nc(N2CCC(c3nc4ccccc4n3C)CC2)n(C)n1. The van der Waals surface area contributed by atoms with Gasteiger partial charge in [0.2, 0.25) is 5.95 Å². The quantitative estimate of drug-likeness (QED) is 0.729. The first-order valence-corrected chi connectivity index (χ1v) is 8.17. The van der Waals surface area contributed by atoms with E-state index in [4.69, 9.17) is 4.98 Å². The van der Waals surface area contributed by atoms with Crippen molar-refractivity contribution in [3.63, 3.8) is 0 Å². The molecule has 1 aliphatic heterocycles. The first-order valence-electron chi connectivity index (χ1n) is 8.17. The van der Waals surface area contributed by atoms with Crippen LogP contribution in [-0.2, 0) is 14.1 Å². The molecule has 0 unspecified atom stereocenters. The zero-order chi connectivity index (χ0) is 16.0. The summed E-state index contributed by atoms with van der Waals surface area (Å²) in [6.45, 7) is 3.94. The zero-order valence-electron chi connectivity index (χ0n) is 13.9. The summed E-state index contributed by atoms with van der Waals surface area (Å²) < 4.78 is 4.13. The van der Waals surface area contributed by atoms with Gasteiger partial charge < -0.3 is 9.47 Å². The predicted molar refractivity (Wildman–Crippen MR) is 90.6 cm³/mol. The summed E-state index contributed by atoms with van der Waals surface area (Å²) in [5.41, 5.74) is 2.31. The third kappa shape index (κ3) is 2.38. The van der Waals surface area contributed by atoms with Gasteiger partial charge in [0.05, 0.1) is 11.0 Å². The minimum atomic E-state index is 0.512. The molecule has 1 aliphatic rings. The summed E-state index contributed by atoms with van der Waals surface area (Å²) in [6, 6.07) is 8.37. The summed E-state index contributed by atoms with van der Waals surface area (Å²) in [5.74, 6) is 3.53. The van der Waals surface area contributed by atoms with Gasteiger partial charge in [-0.3, -0.25) is 0 Å². The molecule has 0 aliphatic carbocycles. The number of anilines is 1. The van der Waals surface area contributed by atoms with E-state index >= 15 is 0 Å². The van der Waals surface area contributed by atoms with Crippen LogP contribution in [0.3, 0.4) is 0 Å². The Labute approximate surface area is 135 Å². The van der Waals surface area contributed by atoms with Crippen LogP contribution in [0.25, 0.3) is 11.0 Å². The van der Waals surface area contributed by atoms with E-state index in [-0.39, 0.29) is 0 Å². The van der Waals surface area contributed by atoms with Gasteiger partial charge in [0.1, 0.15) is 11.6 Å². The van der Waals surface area contributed by atoms with Crippen LogP contribution in [0.5, 0.6) is 0 Å². The van der Waals surface area contributed by atoms with Crippen LogP contribution < -0.4 is 4.90 Å². The minimum Gasteiger partial charge on any atom is -0.341 e. The van der Waals surface area contributed by atoms with Gasteiger partial charge in [-0.2, -0.15) is 10.1 Å². The lowest BCUT2D eigenvalue weighted by Gasteiger charge is -2.31. The fourth-order valence-corrected chi connectivity index (χ4v) is 3.64. The molecule has 0 atom stereocenters. The molecular formula is C17H22N6. The Morgan fingerprint density at radius 2 is 1.78 bits per heavy atom. The molecule has 0 amide bonds. The van der Waals surface area contributed by atoms with Gasteiger partial charge in [-0.1, -0.05) is 12.1 Å². The van der Waals surface area contributed by atoms with Crippen LogP contribution in [0.1, 0.15) is 30.4 Å². The van der Waals surface area contributed by atoms with E-state index in [0.717, 1.165) is 43.2 Å². The maximum Gasteiger partial charge on any atom is 0.223 e. The van der Waals surface area contributed by atoms with Gasteiger partial charge in [-0.05, 0) is 31.9 Å². The Morgan fingerprint density at radius 3 is 2.43 bits per heavy atom. The Morgan fingerprint density at radius 1 is 1.04 bits per heavy atom. The molecule has 120 valence electrons. The molecule has 6 nitrogen and oxygen atoms in total. The molecule has 23 heavy (non-hydrogen) atoms. The van der Waals surface area contributed by atoms with Crippen molar-refractivity contribution < 1.29 is 0 Å². The van der Waals surface area contributed by atoms with Gasteiger partial charge in [-0.25, -0.2) is 9.67 Å². The molecule has 3 heterocycles. The Balaban J connectivity index is 1.55. The van der Waals surface area contributed by atoms with Crippen LogP contribution in [0.15, 0.2) is 24.3 Å². The average molecular weight is 310 g/mol. The number of para-hydroxylation sites is 2. The van der Waals surface area contributed by atoms with Crippen molar-refractivity contribution in [2.45, 2.75) is 25.7 Å². The first-order chi connectivity index (χ1) is 11.1. The number of nitrogens with zero attached hydrogens (tertiary/aromatic N) is 6. The maximum atomic E-state index is 4.87. The van der Waals surface area contributed by atoms with Crippen molar-refractivity contribution in [2.24, 2.45) is 14.1 Å². The molecule has 1 saturated heterocycles. The van der Waals surface area contributed by atoms with E-state index in [1.165, 1.54) is 11.3 Å². The van der Waals surface area contributed by atoms with E-state index in [0.29, 0.717) is 5.92 Å². The number of aromatic nitrogens is 5. The minimum absolute atomic E-state index is 0.512. The number of hydrogen-bond acceptors (Lipinski definition) is 4. The van der Waals surface area contributed by atoms with Crippen LogP contribution in [0.4, 0.5) is 5.95 Å². The highest BCUT2D eigenvalue weighted by molar-refractivity contribution is 5.75. The third-order valence-electron chi connectivity index (χ3n) is 4.81. The Bertz CT molecular complexity index is 838. The van der Waals surface area contributed by atoms with Crippen LogP contribution in [0, 0.1) is 6.92 Å². The molecule has 0 saturated carbocycles.